The van der Waals surface area contributed by atoms with Crippen LogP contribution in [-0.4, -0.2) is 139 Å². The predicted octanol–water partition coefficient (Wildman–Crippen LogP) is -2.19. The Morgan fingerprint density at radius 3 is 2.12 bits per heavy atom. The molecule has 7 atom stereocenters. The molecule has 2 fully saturated rings. The van der Waals surface area contributed by atoms with Crippen molar-refractivity contribution in [1.82, 2.24) is 47.4 Å². The first-order chi connectivity index (χ1) is 31.9. The summed E-state index contributed by atoms with van der Waals surface area (Å²) in [5.41, 5.74) is 17.5. The third-order valence-electron chi connectivity index (χ3n) is 11.4. The molecule has 22 heteroatoms. The van der Waals surface area contributed by atoms with Gasteiger partial charge in [-0.1, -0.05) is 44.2 Å². The van der Waals surface area contributed by atoms with Gasteiger partial charge in [0.15, 0.2) is 5.96 Å². The number of hydrogen-bond donors (Lipinski definition) is 11. The number of hydrogen-bond acceptors (Lipinski definition) is 11. The lowest BCUT2D eigenvalue weighted by Gasteiger charge is -2.28. The molecule has 0 radical (unpaired) electrons. The van der Waals surface area contributed by atoms with Crippen molar-refractivity contribution in [3.8, 4) is 0 Å². The minimum atomic E-state index is -1.27. The summed E-state index contributed by atoms with van der Waals surface area (Å²) in [7, 11) is 0. The number of benzene rings is 1. The van der Waals surface area contributed by atoms with E-state index in [1.54, 1.807) is 24.3 Å². The third kappa shape index (κ3) is 19.6. The molecule has 2 saturated heterocycles. The molecule has 22 nitrogen and oxygen atoms in total. The average Bonchev–Trinajstić information content (AvgIpc) is 3.79. The van der Waals surface area contributed by atoms with Gasteiger partial charge in [0.05, 0.1) is 6.54 Å². The Balaban J connectivity index is 1.87. The van der Waals surface area contributed by atoms with E-state index < -0.39 is 89.6 Å². The number of carbonyl (C=O) groups excluding carboxylic acids is 9. The molecule has 3 rings (SSSR count). The first-order valence-corrected chi connectivity index (χ1v) is 23.3. The molecule has 0 unspecified atom stereocenters. The van der Waals surface area contributed by atoms with E-state index >= 15 is 0 Å². The normalized spacial score (nSPS) is 21.0. The zero-order valence-corrected chi connectivity index (χ0v) is 39.3. The summed E-state index contributed by atoms with van der Waals surface area (Å²) in [6.45, 7) is 7.28. The average molecular weight is 940 g/mol. The van der Waals surface area contributed by atoms with Crippen LogP contribution in [0.2, 0.25) is 0 Å². The maximum atomic E-state index is 14.3. The first-order valence-electron chi connectivity index (χ1n) is 23.3. The number of nitrogens with one attached hydrogen (secondary N) is 8. The van der Waals surface area contributed by atoms with Crippen molar-refractivity contribution in [2.24, 2.45) is 28.1 Å². The Labute approximate surface area is 392 Å². The highest BCUT2D eigenvalue weighted by molar-refractivity contribution is 5.98. The molecular weight excluding hydrogens is 867 g/mol. The summed E-state index contributed by atoms with van der Waals surface area (Å²) in [5.74, 6) is -5.52. The zero-order valence-electron chi connectivity index (χ0n) is 39.3. The lowest BCUT2D eigenvalue weighted by Crippen LogP contribution is -2.60. The number of nitrogens with two attached hydrogens (primary N) is 3. The third-order valence-corrected chi connectivity index (χ3v) is 11.4. The fraction of sp³-hybridized carbons (Fsp3) is 0.644. The number of guanidine groups is 1. The molecule has 2 heterocycles. The highest BCUT2D eigenvalue weighted by atomic mass is 16.2. The van der Waals surface area contributed by atoms with Gasteiger partial charge in [0.2, 0.25) is 53.2 Å². The van der Waals surface area contributed by atoms with Gasteiger partial charge >= 0.3 is 0 Å². The van der Waals surface area contributed by atoms with Crippen molar-refractivity contribution in [3.63, 3.8) is 0 Å². The van der Waals surface area contributed by atoms with Crippen LogP contribution < -0.4 is 59.7 Å². The second-order valence-electron chi connectivity index (χ2n) is 17.5. The molecule has 0 aliphatic carbocycles. The van der Waals surface area contributed by atoms with Crippen molar-refractivity contribution in [3.05, 3.63) is 35.9 Å². The quantitative estimate of drug-likeness (QED) is 0.0378. The van der Waals surface area contributed by atoms with Crippen molar-refractivity contribution < 1.29 is 43.2 Å². The van der Waals surface area contributed by atoms with Crippen LogP contribution in [0.3, 0.4) is 0 Å². The van der Waals surface area contributed by atoms with Crippen LogP contribution in [0, 0.1) is 5.92 Å². The molecule has 1 aromatic rings. The van der Waals surface area contributed by atoms with Gasteiger partial charge in [-0.3, -0.25) is 48.1 Å². The van der Waals surface area contributed by atoms with Gasteiger partial charge in [0.25, 0.3) is 0 Å². The summed E-state index contributed by atoms with van der Waals surface area (Å²) in [6.07, 6.45) is 3.48. The van der Waals surface area contributed by atoms with E-state index in [2.05, 4.69) is 47.5 Å². The van der Waals surface area contributed by atoms with Gasteiger partial charge in [0.1, 0.15) is 42.3 Å². The Hall–Kier alpha value is -6.32. The highest BCUT2D eigenvalue weighted by Gasteiger charge is 2.36. The second kappa shape index (κ2) is 28.7. The fourth-order valence-corrected chi connectivity index (χ4v) is 7.80. The van der Waals surface area contributed by atoms with Crippen LogP contribution in [0.25, 0.3) is 0 Å². The summed E-state index contributed by atoms with van der Waals surface area (Å²) in [5, 5.41) is 21.7. The molecule has 372 valence electrons. The number of carbonyl (C=O) groups is 9. The Bertz CT molecular complexity index is 1880. The second-order valence-corrected chi connectivity index (χ2v) is 17.5. The SMILES string of the molecule is CC(=O)N1CCC[C@H]1C(=O)N[C@@H](C)C(=O)N[C@@H](CCCCN)C(=O)N[C@@H](CCCN=C(N)N)C(=O)N[C@H]1CCCCNC(=O)CNC(=O)[C@H](Cc2ccccc2)NC(=O)[C@H](CC(C)C)NC1=O. The van der Waals surface area contributed by atoms with Crippen LogP contribution >= 0.6 is 0 Å². The van der Waals surface area contributed by atoms with E-state index in [4.69, 9.17) is 17.2 Å². The van der Waals surface area contributed by atoms with Crippen LogP contribution in [0.4, 0.5) is 0 Å². The summed E-state index contributed by atoms with van der Waals surface area (Å²) >= 11 is 0. The van der Waals surface area contributed by atoms with E-state index in [0.717, 1.165) is 5.56 Å². The molecule has 1 aromatic carbocycles. The standard InChI is InChI=1S/C45H73N13O9/c1-27(2)24-34-43(66)57-35(25-30-14-6-5-7-15-30)39(62)51-26-37(60)49-21-11-9-17-32(42(65)56-34)54-41(64)33(18-12-22-50-45(47)48)55-40(63)31(16-8-10-20-46)53-38(61)28(3)52-44(67)36-19-13-23-58(36)29(4)59/h5-7,14-15,27-28,31-36H,8-13,16-26,46H2,1-4H3,(H,49,60)(H,51,62)(H,52,67)(H,53,61)(H,54,64)(H,55,63)(H,56,65)(H,57,66)(H4,47,48,50)/t28-,31-,32-,33-,34-,35-,36-/m0/s1. The smallest absolute Gasteiger partial charge is 0.243 e. The molecule has 0 aromatic heterocycles. The summed E-state index contributed by atoms with van der Waals surface area (Å²) < 4.78 is 0. The molecule has 14 N–H and O–H groups in total. The number of unbranched alkanes of at least 4 members (excludes halogenated alkanes) is 1. The molecule has 0 saturated carbocycles. The van der Waals surface area contributed by atoms with Gasteiger partial charge in [0, 0.05) is 33.0 Å². The monoisotopic (exact) mass is 940 g/mol. The van der Waals surface area contributed by atoms with Gasteiger partial charge in [-0.15, -0.1) is 0 Å². The van der Waals surface area contributed by atoms with Crippen molar-refractivity contribution >= 4 is 59.1 Å². The number of amides is 9. The van der Waals surface area contributed by atoms with Gasteiger partial charge in [-0.25, -0.2) is 0 Å². The van der Waals surface area contributed by atoms with E-state index in [-0.39, 0.29) is 75.9 Å². The number of rotatable bonds is 20. The summed E-state index contributed by atoms with van der Waals surface area (Å²) in [4.78, 5) is 127. The molecule has 2 aliphatic heterocycles. The molecule has 2 aliphatic rings. The van der Waals surface area contributed by atoms with Crippen molar-refractivity contribution in [2.75, 3.05) is 32.7 Å². The maximum absolute atomic E-state index is 14.3. The minimum absolute atomic E-state index is 0.00192. The van der Waals surface area contributed by atoms with Gasteiger partial charge in [-0.2, -0.15) is 0 Å². The highest BCUT2D eigenvalue weighted by Crippen LogP contribution is 2.18. The molecule has 9 amide bonds. The largest absolute Gasteiger partial charge is 0.370 e. The number of nitrogens with zero attached hydrogens (tertiary/aromatic N) is 2. The number of aliphatic imine (C=N–C) groups is 1. The predicted molar refractivity (Wildman–Crippen MR) is 250 cm³/mol. The van der Waals surface area contributed by atoms with Crippen molar-refractivity contribution in [2.45, 2.75) is 147 Å². The van der Waals surface area contributed by atoms with Gasteiger partial charge in [-0.05, 0) is 95.6 Å². The maximum Gasteiger partial charge on any atom is 0.243 e. The van der Waals surface area contributed by atoms with Crippen LogP contribution in [0.5, 0.6) is 0 Å². The molecule has 0 bridgehead atoms. The van der Waals surface area contributed by atoms with Crippen LogP contribution in [0.1, 0.15) is 104 Å². The Morgan fingerprint density at radius 1 is 0.776 bits per heavy atom. The van der Waals surface area contributed by atoms with E-state index in [1.807, 2.05) is 19.9 Å². The van der Waals surface area contributed by atoms with E-state index in [9.17, 15) is 43.2 Å². The Morgan fingerprint density at radius 2 is 1.45 bits per heavy atom. The fourth-order valence-electron chi connectivity index (χ4n) is 7.80. The minimum Gasteiger partial charge on any atom is -0.370 e. The van der Waals surface area contributed by atoms with Crippen LogP contribution in [0.15, 0.2) is 35.3 Å². The zero-order chi connectivity index (χ0) is 49.5. The lowest BCUT2D eigenvalue weighted by molar-refractivity contribution is -0.138. The summed E-state index contributed by atoms with van der Waals surface area (Å²) in [6, 6.07) is 1.30. The van der Waals surface area contributed by atoms with E-state index in [0.29, 0.717) is 51.6 Å². The molecule has 67 heavy (non-hydrogen) atoms. The molecule has 0 spiro atoms. The first kappa shape index (κ1) is 55.0. The van der Waals surface area contributed by atoms with Crippen LogP contribution in [-0.2, 0) is 49.6 Å². The number of likely N-dealkylation sites (tertiary alicyclic amines) is 1. The van der Waals surface area contributed by atoms with Gasteiger partial charge < -0.3 is 64.6 Å². The molecular formula is C45H73N13O9. The van der Waals surface area contributed by atoms with Crippen molar-refractivity contribution in [1.29, 1.82) is 0 Å². The lowest BCUT2D eigenvalue weighted by atomic mass is 10.00. The Kier molecular flexibility index (Phi) is 23.5. The topological polar surface area (TPSA) is 344 Å². The van der Waals surface area contributed by atoms with E-state index in [1.165, 1.54) is 18.7 Å².